The molecule has 1 N–H and O–H groups in total. The van der Waals surface area contributed by atoms with Gasteiger partial charge in [0.2, 0.25) is 6.79 Å². The van der Waals surface area contributed by atoms with Crippen LogP contribution in [-0.2, 0) is 6.54 Å². The summed E-state index contributed by atoms with van der Waals surface area (Å²) in [5.41, 5.74) is 3.25. The average Bonchev–Trinajstić information content (AvgIpc) is 3.22. The molecule has 5 heteroatoms. The predicted molar refractivity (Wildman–Crippen MR) is 87.4 cm³/mol. The Morgan fingerprint density at radius 3 is 2.95 bits per heavy atom. The first-order chi connectivity index (χ1) is 10.9. The summed E-state index contributed by atoms with van der Waals surface area (Å²) in [5, 5.41) is 5.54. The summed E-state index contributed by atoms with van der Waals surface area (Å²) < 4.78 is 10.8. The molecule has 0 unspecified atom stereocenters. The van der Waals surface area contributed by atoms with Crippen molar-refractivity contribution in [2.45, 2.75) is 6.54 Å². The topological polar surface area (TPSA) is 43.4 Å². The molecule has 0 bridgehead atoms. The van der Waals surface area contributed by atoms with Gasteiger partial charge in [-0.2, -0.15) is 0 Å². The number of thiophene rings is 1. The van der Waals surface area contributed by atoms with E-state index in [0.717, 1.165) is 28.4 Å². The zero-order valence-corrected chi connectivity index (χ0v) is 12.6. The minimum Gasteiger partial charge on any atom is -0.454 e. The third kappa shape index (κ3) is 2.51. The maximum Gasteiger partial charge on any atom is 0.231 e. The Morgan fingerprint density at radius 1 is 1.09 bits per heavy atom. The molecule has 110 valence electrons. The van der Waals surface area contributed by atoms with Crippen LogP contribution in [0.15, 0.2) is 54.0 Å². The molecule has 1 aliphatic heterocycles. The number of pyridine rings is 1. The van der Waals surface area contributed by atoms with Gasteiger partial charge in [-0.15, -0.1) is 11.3 Å². The summed E-state index contributed by atoms with van der Waals surface area (Å²) in [6.07, 6.45) is 1.81. The fourth-order valence-electron chi connectivity index (χ4n) is 2.40. The van der Waals surface area contributed by atoms with Gasteiger partial charge in [-0.1, -0.05) is 6.07 Å². The largest absolute Gasteiger partial charge is 0.454 e. The zero-order chi connectivity index (χ0) is 14.8. The van der Waals surface area contributed by atoms with Gasteiger partial charge in [0.1, 0.15) is 0 Å². The number of nitrogens with one attached hydrogen (secondary N) is 1. The fourth-order valence-corrected chi connectivity index (χ4v) is 3.27. The number of nitrogens with zero attached hydrogens (tertiary/aromatic N) is 1. The van der Waals surface area contributed by atoms with Gasteiger partial charge in [-0.05, 0) is 47.3 Å². The van der Waals surface area contributed by atoms with E-state index in [9.17, 15) is 0 Å². The first-order valence-corrected chi connectivity index (χ1v) is 7.89. The van der Waals surface area contributed by atoms with Gasteiger partial charge < -0.3 is 14.8 Å². The van der Waals surface area contributed by atoms with E-state index in [-0.39, 0.29) is 0 Å². The molecule has 0 radical (unpaired) electrons. The highest BCUT2D eigenvalue weighted by Crippen LogP contribution is 2.40. The van der Waals surface area contributed by atoms with Crippen LogP contribution >= 0.6 is 11.3 Å². The van der Waals surface area contributed by atoms with E-state index in [1.54, 1.807) is 11.3 Å². The maximum absolute atomic E-state index is 5.46. The van der Waals surface area contributed by atoms with Crippen LogP contribution in [0.4, 0.5) is 5.69 Å². The summed E-state index contributed by atoms with van der Waals surface area (Å²) >= 11 is 1.70. The fraction of sp³-hybridized carbons (Fsp3) is 0.118. The summed E-state index contributed by atoms with van der Waals surface area (Å²) in [4.78, 5) is 5.52. The van der Waals surface area contributed by atoms with Gasteiger partial charge in [0, 0.05) is 6.20 Å². The van der Waals surface area contributed by atoms with Crippen molar-refractivity contribution in [2.24, 2.45) is 0 Å². The second kappa shape index (κ2) is 5.69. The second-order valence-electron chi connectivity index (χ2n) is 4.91. The Bertz CT molecular complexity index is 786. The molecule has 1 aliphatic rings. The van der Waals surface area contributed by atoms with Crippen molar-refractivity contribution in [1.29, 1.82) is 0 Å². The van der Waals surface area contributed by atoms with E-state index < -0.39 is 0 Å². The maximum atomic E-state index is 5.46. The number of anilines is 1. The normalized spacial score (nSPS) is 12.4. The number of aromatic nitrogens is 1. The molecule has 2 aromatic heterocycles. The van der Waals surface area contributed by atoms with E-state index in [4.69, 9.17) is 9.47 Å². The molecule has 0 amide bonds. The van der Waals surface area contributed by atoms with Crippen molar-refractivity contribution in [2.75, 3.05) is 12.1 Å². The van der Waals surface area contributed by atoms with Crippen LogP contribution in [0.1, 0.15) is 5.69 Å². The monoisotopic (exact) mass is 310 g/mol. The predicted octanol–water partition coefficient (Wildman–Crippen LogP) is 4.15. The highest BCUT2D eigenvalue weighted by molar-refractivity contribution is 7.14. The standard InChI is InChI=1S/C17H14N2O2S/c1-2-7-18-13(3-1)10-19-14-6-8-22-17(14)12-4-5-15-16(9-12)21-11-20-15/h1-9,19H,10-11H2. The van der Waals surface area contributed by atoms with Crippen molar-refractivity contribution < 1.29 is 9.47 Å². The molecule has 3 aromatic rings. The molecule has 1 aromatic carbocycles. The molecule has 0 saturated heterocycles. The number of rotatable bonds is 4. The third-order valence-corrected chi connectivity index (χ3v) is 4.45. The quantitative estimate of drug-likeness (QED) is 0.786. The smallest absolute Gasteiger partial charge is 0.231 e. The van der Waals surface area contributed by atoms with Crippen LogP contribution in [0.5, 0.6) is 11.5 Å². The summed E-state index contributed by atoms with van der Waals surface area (Å²) in [6, 6.07) is 14.1. The lowest BCUT2D eigenvalue weighted by atomic mass is 10.1. The van der Waals surface area contributed by atoms with E-state index in [1.165, 1.54) is 4.88 Å². The number of hydrogen-bond acceptors (Lipinski definition) is 5. The molecule has 4 nitrogen and oxygen atoms in total. The van der Waals surface area contributed by atoms with Gasteiger partial charge in [0.05, 0.1) is 22.8 Å². The van der Waals surface area contributed by atoms with Gasteiger partial charge in [-0.25, -0.2) is 0 Å². The van der Waals surface area contributed by atoms with Crippen LogP contribution in [0, 0.1) is 0 Å². The first-order valence-electron chi connectivity index (χ1n) is 7.01. The van der Waals surface area contributed by atoms with Gasteiger partial charge >= 0.3 is 0 Å². The lowest BCUT2D eigenvalue weighted by Crippen LogP contribution is -2.00. The lowest BCUT2D eigenvalue weighted by Gasteiger charge is -2.08. The highest BCUT2D eigenvalue weighted by atomic mass is 32.1. The Balaban J connectivity index is 1.57. The van der Waals surface area contributed by atoms with Crippen molar-refractivity contribution in [3.63, 3.8) is 0 Å². The van der Waals surface area contributed by atoms with Crippen molar-refractivity contribution in [3.8, 4) is 21.9 Å². The Morgan fingerprint density at radius 2 is 2.05 bits per heavy atom. The Labute approximate surface area is 132 Å². The SMILES string of the molecule is c1ccc(CNc2ccsc2-c2ccc3c(c2)OCO3)nc1. The number of ether oxygens (including phenoxy) is 2. The molecular formula is C17H14N2O2S. The highest BCUT2D eigenvalue weighted by Gasteiger charge is 2.15. The molecule has 0 aliphatic carbocycles. The number of fused-ring (bicyclic) bond motifs is 1. The van der Waals surface area contributed by atoms with E-state index in [2.05, 4.69) is 27.8 Å². The summed E-state index contributed by atoms with van der Waals surface area (Å²) in [6.45, 7) is 1.00. The zero-order valence-electron chi connectivity index (χ0n) is 11.8. The van der Waals surface area contributed by atoms with Crippen LogP contribution in [0.25, 0.3) is 10.4 Å². The molecule has 0 fully saturated rings. The van der Waals surface area contributed by atoms with E-state index in [0.29, 0.717) is 13.3 Å². The summed E-state index contributed by atoms with van der Waals surface area (Å²) in [5.74, 6) is 1.62. The van der Waals surface area contributed by atoms with Crippen molar-refractivity contribution in [3.05, 3.63) is 59.7 Å². The minimum absolute atomic E-state index is 0.300. The molecule has 0 atom stereocenters. The van der Waals surface area contributed by atoms with Gasteiger partial charge in [0.15, 0.2) is 11.5 Å². The number of hydrogen-bond donors (Lipinski definition) is 1. The van der Waals surface area contributed by atoms with Crippen molar-refractivity contribution >= 4 is 17.0 Å². The molecule has 22 heavy (non-hydrogen) atoms. The Hall–Kier alpha value is -2.53. The minimum atomic E-state index is 0.300. The molecule has 0 spiro atoms. The van der Waals surface area contributed by atoms with Crippen LogP contribution in [0.3, 0.4) is 0 Å². The van der Waals surface area contributed by atoms with E-state index in [1.807, 2.05) is 36.5 Å². The van der Waals surface area contributed by atoms with E-state index >= 15 is 0 Å². The third-order valence-electron chi connectivity index (χ3n) is 3.49. The average molecular weight is 310 g/mol. The first kappa shape index (κ1) is 13.2. The molecule has 4 rings (SSSR count). The van der Waals surface area contributed by atoms with Crippen LogP contribution in [-0.4, -0.2) is 11.8 Å². The number of benzene rings is 1. The molecule has 0 saturated carbocycles. The lowest BCUT2D eigenvalue weighted by molar-refractivity contribution is 0.174. The van der Waals surface area contributed by atoms with Crippen molar-refractivity contribution in [1.82, 2.24) is 4.98 Å². The molecular weight excluding hydrogens is 296 g/mol. The second-order valence-corrected chi connectivity index (χ2v) is 5.82. The van der Waals surface area contributed by atoms with Gasteiger partial charge in [-0.3, -0.25) is 4.98 Å². The molecule has 3 heterocycles. The van der Waals surface area contributed by atoms with Crippen LogP contribution in [0.2, 0.25) is 0 Å². The Kier molecular flexibility index (Phi) is 3.40. The van der Waals surface area contributed by atoms with Crippen LogP contribution < -0.4 is 14.8 Å². The summed E-state index contributed by atoms with van der Waals surface area (Å²) in [7, 11) is 0. The van der Waals surface area contributed by atoms with Gasteiger partial charge in [0.25, 0.3) is 0 Å².